The molecule has 0 spiro atoms. The van der Waals surface area contributed by atoms with Crippen LogP contribution in [0.15, 0.2) is 34.1 Å². The van der Waals surface area contributed by atoms with Crippen LogP contribution in [0.3, 0.4) is 0 Å². The highest BCUT2D eigenvalue weighted by molar-refractivity contribution is 7.13. The van der Waals surface area contributed by atoms with E-state index >= 15 is 0 Å². The number of hydrogen-bond acceptors (Lipinski definition) is 6. The summed E-state index contributed by atoms with van der Waals surface area (Å²) in [5.41, 5.74) is 0. The second kappa shape index (κ2) is 5.17. The maximum absolute atomic E-state index is 12.4. The van der Waals surface area contributed by atoms with Crippen molar-refractivity contribution in [2.45, 2.75) is 19.4 Å². The van der Waals surface area contributed by atoms with Gasteiger partial charge in [-0.1, -0.05) is 18.2 Å². The van der Waals surface area contributed by atoms with Crippen molar-refractivity contribution in [3.05, 3.63) is 35.6 Å². The minimum Gasteiger partial charge on any atom is -0.418 e. The van der Waals surface area contributed by atoms with Crippen molar-refractivity contribution < 1.29 is 14.0 Å². The molecule has 6 nitrogen and oxygen atoms in total. The smallest absolute Gasteiger partial charge is 0.257 e. The molecule has 1 aliphatic heterocycles. The fourth-order valence-electron chi connectivity index (χ4n) is 2.98. The summed E-state index contributed by atoms with van der Waals surface area (Å²) in [4.78, 5) is 26.9. The fraction of sp³-hybridized carbons (Fsp3) is 0.333. The predicted octanol–water partition coefficient (Wildman–Crippen LogP) is 2.25. The zero-order valence-corrected chi connectivity index (χ0v) is 12.5. The molecule has 4 rings (SSSR count). The van der Waals surface area contributed by atoms with E-state index in [0.717, 1.165) is 4.88 Å². The van der Waals surface area contributed by atoms with Crippen molar-refractivity contribution in [2.75, 3.05) is 0 Å². The van der Waals surface area contributed by atoms with Gasteiger partial charge in [0.2, 0.25) is 17.7 Å². The number of carbonyl (C=O) groups is 2. The molecule has 112 valence electrons. The molecule has 1 aliphatic carbocycles. The molecular formula is C15H13N3O3S. The lowest BCUT2D eigenvalue weighted by Crippen LogP contribution is -2.30. The number of fused-ring (bicyclic) bond motifs is 1. The molecule has 0 N–H and O–H groups in total. The Hall–Kier alpha value is -2.28. The van der Waals surface area contributed by atoms with Crippen LogP contribution in [-0.2, 0) is 16.1 Å². The fourth-order valence-corrected chi connectivity index (χ4v) is 3.62. The van der Waals surface area contributed by atoms with Gasteiger partial charge in [0.15, 0.2) is 0 Å². The third-order valence-electron chi connectivity index (χ3n) is 4.09. The number of carbonyl (C=O) groups excluding carboxylic acids is 2. The van der Waals surface area contributed by atoms with Crippen LogP contribution in [0.4, 0.5) is 0 Å². The molecule has 1 fully saturated rings. The molecule has 2 amide bonds. The summed E-state index contributed by atoms with van der Waals surface area (Å²) in [5, 5.41) is 9.84. The van der Waals surface area contributed by atoms with Gasteiger partial charge in [0, 0.05) is 0 Å². The van der Waals surface area contributed by atoms with Crippen molar-refractivity contribution in [1.29, 1.82) is 0 Å². The Kier molecular flexibility index (Phi) is 3.15. The standard InChI is InChI=1S/C15H13N3O3S/c19-14-9-4-1-2-5-10(9)15(20)18(14)8-12-16-17-13(21-12)11-6-3-7-22-11/h1-3,6-7,9-10H,4-5,8H2/t9-,10+. The molecule has 1 saturated heterocycles. The number of hydrogen-bond donors (Lipinski definition) is 0. The Morgan fingerprint density at radius 3 is 2.55 bits per heavy atom. The lowest BCUT2D eigenvalue weighted by Gasteiger charge is -2.14. The van der Waals surface area contributed by atoms with E-state index < -0.39 is 0 Å². The van der Waals surface area contributed by atoms with Crippen LogP contribution in [0, 0.1) is 11.8 Å². The molecule has 0 saturated carbocycles. The van der Waals surface area contributed by atoms with E-state index in [9.17, 15) is 9.59 Å². The summed E-state index contributed by atoms with van der Waals surface area (Å²) in [6.07, 6.45) is 5.21. The normalized spacial score (nSPS) is 24.1. The second-order valence-corrected chi connectivity index (χ2v) is 6.34. The summed E-state index contributed by atoms with van der Waals surface area (Å²) in [7, 11) is 0. The van der Waals surface area contributed by atoms with Crippen molar-refractivity contribution in [3.8, 4) is 10.8 Å². The first kappa shape index (κ1) is 13.4. The SMILES string of the molecule is O=C1[C@H]2CC=CC[C@H]2C(=O)N1Cc1nnc(-c2cccs2)o1. The molecule has 3 heterocycles. The van der Waals surface area contributed by atoms with Crippen LogP contribution in [0.5, 0.6) is 0 Å². The number of likely N-dealkylation sites (tertiary alicyclic amines) is 1. The van der Waals surface area contributed by atoms with E-state index in [0.29, 0.717) is 18.7 Å². The highest BCUT2D eigenvalue weighted by Crippen LogP contribution is 2.35. The van der Waals surface area contributed by atoms with Crippen molar-refractivity contribution in [2.24, 2.45) is 11.8 Å². The molecule has 22 heavy (non-hydrogen) atoms. The second-order valence-electron chi connectivity index (χ2n) is 5.40. The molecule has 0 radical (unpaired) electrons. The van der Waals surface area contributed by atoms with Crippen molar-refractivity contribution in [3.63, 3.8) is 0 Å². The topological polar surface area (TPSA) is 76.3 Å². The number of allylic oxidation sites excluding steroid dienone is 2. The third-order valence-corrected chi connectivity index (χ3v) is 4.95. The summed E-state index contributed by atoms with van der Waals surface area (Å²) in [6.45, 7) is 0.0586. The van der Waals surface area contributed by atoms with Crippen molar-refractivity contribution in [1.82, 2.24) is 15.1 Å². The summed E-state index contributed by atoms with van der Waals surface area (Å²) in [6, 6.07) is 3.78. The van der Waals surface area contributed by atoms with Gasteiger partial charge in [-0.2, -0.15) is 0 Å². The van der Waals surface area contributed by atoms with Gasteiger partial charge in [-0.3, -0.25) is 14.5 Å². The van der Waals surface area contributed by atoms with Gasteiger partial charge >= 0.3 is 0 Å². The van der Waals surface area contributed by atoms with E-state index in [-0.39, 0.29) is 36.1 Å². The highest BCUT2D eigenvalue weighted by atomic mass is 32.1. The molecule has 0 bridgehead atoms. The van der Waals surface area contributed by atoms with Gasteiger partial charge in [0.1, 0.15) is 6.54 Å². The average Bonchev–Trinajstić information content (AvgIpc) is 3.25. The molecule has 2 aromatic heterocycles. The van der Waals surface area contributed by atoms with E-state index in [1.165, 1.54) is 16.2 Å². The minimum atomic E-state index is -0.225. The number of thiophene rings is 1. The summed E-state index contributed by atoms with van der Waals surface area (Å²) < 4.78 is 5.57. The number of aromatic nitrogens is 2. The van der Waals surface area contributed by atoms with Crippen LogP contribution >= 0.6 is 11.3 Å². The highest BCUT2D eigenvalue weighted by Gasteiger charge is 2.47. The Labute approximate surface area is 130 Å². The number of imide groups is 1. The van der Waals surface area contributed by atoms with Crippen LogP contribution in [0.2, 0.25) is 0 Å². The van der Waals surface area contributed by atoms with E-state index in [1.807, 2.05) is 29.7 Å². The van der Waals surface area contributed by atoms with E-state index in [2.05, 4.69) is 10.2 Å². The molecule has 0 aromatic carbocycles. The van der Waals surface area contributed by atoms with Crippen LogP contribution in [-0.4, -0.2) is 26.9 Å². The summed E-state index contributed by atoms with van der Waals surface area (Å²) in [5.74, 6) is -0.000271. The van der Waals surface area contributed by atoms with Crippen molar-refractivity contribution >= 4 is 23.2 Å². The maximum atomic E-state index is 12.4. The zero-order valence-electron chi connectivity index (χ0n) is 11.6. The Balaban J connectivity index is 1.54. The third kappa shape index (κ3) is 2.09. The molecule has 0 unspecified atom stereocenters. The minimum absolute atomic E-state index is 0.0586. The van der Waals surface area contributed by atoms with Gasteiger partial charge in [-0.25, -0.2) is 0 Å². The van der Waals surface area contributed by atoms with Gasteiger partial charge < -0.3 is 4.42 Å². The molecule has 2 atom stereocenters. The van der Waals surface area contributed by atoms with Gasteiger partial charge in [0.25, 0.3) is 5.89 Å². The average molecular weight is 315 g/mol. The van der Waals surface area contributed by atoms with Crippen LogP contribution in [0.1, 0.15) is 18.7 Å². The first-order chi connectivity index (χ1) is 10.7. The Morgan fingerprint density at radius 1 is 1.18 bits per heavy atom. The number of rotatable bonds is 3. The quantitative estimate of drug-likeness (QED) is 0.641. The number of nitrogens with zero attached hydrogens (tertiary/aromatic N) is 3. The Morgan fingerprint density at radius 2 is 1.91 bits per heavy atom. The zero-order chi connectivity index (χ0) is 15.1. The monoisotopic (exact) mass is 315 g/mol. The lowest BCUT2D eigenvalue weighted by molar-refractivity contribution is -0.140. The van der Waals surface area contributed by atoms with Gasteiger partial charge in [0.05, 0.1) is 16.7 Å². The first-order valence-electron chi connectivity index (χ1n) is 7.10. The Bertz CT molecular complexity index is 724. The summed E-state index contributed by atoms with van der Waals surface area (Å²) >= 11 is 1.50. The van der Waals surface area contributed by atoms with E-state index in [4.69, 9.17) is 4.42 Å². The van der Waals surface area contributed by atoms with Crippen LogP contribution in [0.25, 0.3) is 10.8 Å². The lowest BCUT2D eigenvalue weighted by atomic mass is 9.85. The molecule has 7 heteroatoms. The van der Waals surface area contributed by atoms with Gasteiger partial charge in [-0.15, -0.1) is 21.5 Å². The van der Waals surface area contributed by atoms with E-state index in [1.54, 1.807) is 0 Å². The first-order valence-corrected chi connectivity index (χ1v) is 7.98. The molecule has 2 aliphatic rings. The van der Waals surface area contributed by atoms with Crippen LogP contribution < -0.4 is 0 Å². The number of amides is 2. The molecular weight excluding hydrogens is 302 g/mol. The molecule has 2 aromatic rings. The van der Waals surface area contributed by atoms with Gasteiger partial charge in [-0.05, 0) is 24.3 Å². The maximum Gasteiger partial charge on any atom is 0.257 e. The predicted molar refractivity (Wildman–Crippen MR) is 78.5 cm³/mol. The largest absolute Gasteiger partial charge is 0.418 e.